The Morgan fingerprint density at radius 3 is 2.50 bits per heavy atom. The Balaban J connectivity index is 2.35. The van der Waals surface area contributed by atoms with E-state index in [1.54, 1.807) is 0 Å². The zero-order valence-corrected chi connectivity index (χ0v) is 11.0. The molecule has 0 aromatic heterocycles. The molecule has 1 atom stereocenters. The van der Waals surface area contributed by atoms with Crippen LogP contribution in [-0.4, -0.2) is 63.0 Å². The molecule has 4 nitrogen and oxygen atoms in total. The van der Waals surface area contributed by atoms with Crippen molar-refractivity contribution in [3.05, 3.63) is 0 Å². The van der Waals surface area contributed by atoms with Gasteiger partial charge in [0.1, 0.15) is 0 Å². The summed E-state index contributed by atoms with van der Waals surface area (Å²) in [6, 6.07) is 0. The van der Waals surface area contributed by atoms with Crippen LogP contribution in [0.25, 0.3) is 0 Å². The third kappa shape index (κ3) is 3.46. The maximum atomic E-state index is 12.2. The Labute approximate surface area is 99.0 Å². The average molecular weight is 227 g/mol. The van der Waals surface area contributed by atoms with E-state index in [9.17, 15) is 4.79 Å². The minimum Gasteiger partial charge on any atom is -0.345 e. The summed E-state index contributed by atoms with van der Waals surface area (Å²) in [6.07, 6.45) is 2.00. The molecule has 0 saturated carbocycles. The van der Waals surface area contributed by atoms with Crippen LogP contribution in [0.5, 0.6) is 0 Å². The van der Waals surface area contributed by atoms with Gasteiger partial charge in [0.05, 0.1) is 5.41 Å². The average Bonchev–Trinajstić information content (AvgIpc) is 2.64. The van der Waals surface area contributed by atoms with Crippen molar-refractivity contribution in [2.75, 3.05) is 47.3 Å². The minimum absolute atomic E-state index is 0.174. The summed E-state index contributed by atoms with van der Waals surface area (Å²) in [5.74, 6) is 0.288. The summed E-state index contributed by atoms with van der Waals surface area (Å²) < 4.78 is 0. The maximum absolute atomic E-state index is 12.2. The Morgan fingerprint density at radius 1 is 1.31 bits per heavy atom. The van der Waals surface area contributed by atoms with E-state index < -0.39 is 0 Å². The molecule has 0 bridgehead atoms. The van der Waals surface area contributed by atoms with E-state index in [4.69, 9.17) is 0 Å². The molecule has 1 saturated heterocycles. The fourth-order valence-electron chi connectivity index (χ4n) is 2.19. The Bertz CT molecular complexity index is 234. The van der Waals surface area contributed by atoms with E-state index in [2.05, 4.69) is 31.2 Å². The summed E-state index contributed by atoms with van der Waals surface area (Å²) >= 11 is 0. The molecule has 0 spiro atoms. The zero-order chi connectivity index (χ0) is 12.2. The molecule has 0 radical (unpaired) electrons. The number of amides is 1. The van der Waals surface area contributed by atoms with E-state index in [1.807, 2.05) is 11.9 Å². The SMILES string of the molecule is CN(C)CCCN(C)C(=O)C1(C)CCNC1. The van der Waals surface area contributed by atoms with Gasteiger partial charge in [-0.3, -0.25) is 4.79 Å². The van der Waals surface area contributed by atoms with Crippen molar-refractivity contribution in [2.24, 2.45) is 5.41 Å². The van der Waals surface area contributed by atoms with Crippen LogP contribution in [0, 0.1) is 5.41 Å². The van der Waals surface area contributed by atoms with Crippen LogP contribution in [-0.2, 0) is 4.79 Å². The second-order valence-electron chi connectivity index (χ2n) is 5.37. The molecular formula is C12H25N3O. The molecule has 4 heteroatoms. The Morgan fingerprint density at radius 2 is 2.00 bits per heavy atom. The molecule has 1 fully saturated rings. The van der Waals surface area contributed by atoms with E-state index in [0.717, 1.165) is 39.0 Å². The first kappa shape index (κ1) is 13.5. The van der Waals surface area contributed by atoms with Gasteiger partial charge in [0, 0.05) is 20.1 Å². The van der Waals surface area contributed by atoms with Crippen molar-refractivity contribution in [2.45, 2.75) is 19.8 Å². The monoisotopic (exact) mass is 227 g/mol. The summed E-state index contributed by atoms with van der Waals surface area (Å²) in [7, 11) is 6.04. The van der Waals surface area contributed by atoms with Gasteiger partial charge in [-0.15, -0.1) is 0 Å². The lowest BCUT2D eigenvalue weighted by Gasteiger charge is -2.28. The molecule has 1 aliphatic heterocycles. The highest BCUT2D eigenvalue weighted by atomic mass is 16.2. The van der Waals surface area contributed by atoms with Crippen LogP contribution in [0.2, 0.25) is 0 Å². The van der Waals surface area contributed by atoms with Gasteiger partial charge in [-0.05, 0) is 47.0 Å². The van der Waals surface area contributed by atoms with Gasteiger partial charge in [0.25, 0.3) is 0 Å². The Hall–Kier alpha value is -0.610. The number of rotatable bonds is 5. The molecule has 0 aliphatic carbocycles. The predicted octanol–water partition coefficient (Wildman–Crippen LogP) is 0.396. The van der Waals surface area contributed by atoms with Crippen LogP contribution in [0.3, 0.4) is 0 Å². The first-order chi connectivity index (χ1) is 7.46. The van der Waals surface area contributed by atoms with Crippen LogP contribution >= 0.6 is 0 Å². The molecule has 1 rings (SSSR count). The lowest BCUT2D eigenvalue weighted by molar-refractivity contribution is -0.138. The van der Waals surface area contributed by atoms with Gasteiger partial charge in [0.15, 0.2) is 0 Å². The van der Waals surface area contributed by atoms with E-state index >= 15 is 0 Å². The summed E-state index contributed by atoms with van der Waals surface area (Å²) in [5.41, 5.74) is -0.174. The molecule has 0 aromatic carbocycles. The molecule has 1 N–H and O–H groups in total. The maximum Gasteiger partial charge on any atom is 0.229 e. The third-order valence-corrected chi connectivity index (χ3v) is 3.33. The summed E-state index contributed by atoms with van der Waals surface area (Å²) in [6.45, 7) is 5.74. The first-order valence-electron chi connectivity index (χ1n) is 6.07. The molecule has 1 amide bonds. The van der Waals surface area contributed by atoms with Crippen LogP contribution < -0.4 is 5.32 Å². The van der Waals surface area contributed by atoms with Crippen LogP contribution in [0.15, 0.2) is 0 Å². The number of carbonyl (C=O) groups is 1. The van der Waals surface area contributed by atoms with Crippen LogP contribution in [0.1, 0.15) is 19.8 Å². The standard InChI is InChI=1S/C12H25N3O/c1-12(6-7-13-10-12)11(16)15(4)9-5-8-14(2)3/h13H,5-10H2,1-4H3. The number of carbonyl (C=O) groups excluding carboxylic acids is 1. The van der Waals surface area contributed by atoms with Crippen molar-refractivity contribution in [1.82, 2.24) is 15.1 Å². The summed E-state index contributed by atoms with van der Waals surface area (Å²) in [4.78, 5) is 16.3. The smallest absolute Gasteiger partial charge is 0.229 e. The van der Waals surface area contributed by atoms with E-state index in [-0.39, 0.29) is 11.3 Å². The highest BCUT2D eigenvalue weighted by Crippen LogP contribution is 2.26. The second kappa shape index (κ2) is 5.64. The molecule has 94 valence electrons. The number of nitrogens with zero attached hydrogens (tertiary/aromatic N) is 2. The van der Waals surface area contributed by atoms with Crippen molar-refractivity contribution in [3.8, 4) is 0 Å². The minimum atomic E-state index is -0.174. The zero-order valence-electron chi connectivity index (χ0n) is 11.0. The van der Waals surface area contributed by atoms with Gasteiger partial charge < -0.3 is 15.1 Å². The quantitative estimate of drug-likeness (QED) is 0.738. The molecule has 1 aliphatic rings. The van der Waals surface area contributed by atoms with Gasteiger partial charge in [-0.1, -0.05) is 0 Å². The van der Waals surface area contributed by atoms with Gasteiger partial charge in [0.2, 0.25) is 5.91 Å². The third-order valence-electron chi connectivity index (χ3n) is 3.33. The highest BCUT2D eigenvalue weighted by molar-refractivity contribution is 5.82. The van der Waals surface area contributed by atoms with Crippen molar-refractivity contribution in [3.63, 3.8) is 0 Å². The van der Waals surface area contributed by atoms with Crippen molar-refractivity contribution >= 4 is 5.91 Å². The highest BCUT2D eigenvalue weighted by Gasteiger charge is 2.37. The topological polar surface area (TPSA) is 35.6 Å². The fraction of sp³-hybridized carbons (Fsp3) is 0.917. The largest absolute Gasteiger partial charge is 0.345 e. The molecule has 0 aromatic rings. The lowest BCUT2D eigenvalue weighted by Crippen LogP contribution is -2.42. The fourth-order valence-corrected chi connectivity index (χ4v) is 2.19. The number of hydrogen-bond donors (Lipinski definition) is 1. The molecular weight excluding hydrogens is 202 g/mol. The summed E-state index contributed by atoms with van der Waals surface area (Å²) in [5, 5.41) is 3.27. The molecule has 1 heterocycles. The molecule has 1 unspecified atom stereocenters. The Kier molecular flexibility index (Phi) is 4.74. The number of hydrogen-bond acceptors (Lipinski definition) is 3. The first-order valence-corrected chi connectivity index (χ1v) is 6.07. The van der Waals surface area contributed by atoms with Gasteiger partial charge in [-0.2, -0.15) is 0 Å². The lowest BCUT2D eigenvalue weighted by atomic mass is 9.88. The number of nitrogens with one attached hydrogen (secondary N) is 1. The molecule has 16 heavy (non-hydrogen) atoms. The van der Waals surface area contributed by atoms with Crippen LogP contribution in [0.4, 0.5) is 0 Å². The van der Waals surface area contributed by atoms with Gasteiger partial charge in [-0.25, -0.2) is 0 Å². The second-order valence-corrected chi connectivity index (χ2v) is 5.37. The van der Waals surface area contributed by atoms with Crippen molar-refractivity contribution < 1.29 is 4.79 Å². The van der Waals surface area contributed by atoms with E-state index in [1.165, 1.54) is 0 Å². The van der Waals surface area contributed by atoms with Crippen molar-refractivity contribution in [1.29, 1.82) is 0 Å². The predicted molar refractivity (Wildman–Crippen MR) is 66.4 cm³/mol. The van der Waals surface area contributed by atoms with Gasteiger partial charge >= 0.3 is 0 Å². The van der Waals surface area contributed by atoms with E-state index in [0.29, 0.717) is 0 Å². The normalized spacial score (nSPS) is 25.1.